The lowest BCUT2D eigenvalue weighted by atomic mass is 10.1. The monoisotopic (exact) mass is 254 g/mol. The lowest BCUT2D eigenvalue weighted by molar-refractivity contribution is 0.0886. The summed E-state index contributed by atoms with van der Waals surface area (Å²) < 4.78 is 18.5. The van der Waals surface area contributed by atoms with Crippen LogP contribution in [0.4, 0.5) is 10.1 Å². The number of nitrogens with two attached hydrogens (primary N) is 1. The van der Waals surface area contributed by atoms with Crippen molar-refractivity contribution in [2.45, 2.75) is 13.8 Å². The van der Waals surface area contributed by atoms with Gasteiger partial charge in [0.05, 0.1) is 17.9 Å². The molecule has 3 N–H and O–H groups in total. The fourth-order valence-electron chi connectivity index (χ4n) is 1.39. The highest BCUT2D eigenvalue weighted by Gasteiger charge is 2.11. The molecule has 0 aromatic heterocycles. The number of halogens is 1. The Hall–Kier alpha value is -1.62. The largest absolute Gasteiger partial charge is 0.396 e. The second-order valence-corrected chi connectivity index (χ2v) is 4.43. The fourth-order valence-corrected chi connectivity index (χ4v) is 1.39. The second kappa shape index (κ2) is 6.96. The lowest BCUT2D eigenvalue weighted by Gasteiger charge is -2.09. The normalized spacial score (nSPS) is 10.7. The van der Waals surface area contributed by atoms with E-state index in [1.807, 2.05) is 13.8 Å². The zero-order valence-corrected chi connectivity index (χ0v) is 10.7. The van der Waals surface area contributed by atoms with E-state index in [1.54, 1.807) is 0 Å². The van der Waals surface area contributed by atoms with E-state index < -0.39 is 5.82 Å². The number of hydrogen-bond acceptors (Lipinski definition) is 3. The number of nitrogens with one attached hydrogen (secondary N) is 1. The summed E-state index contributed by atoms with van der Waals surface area (Å²) in [6, 6.07) is 4.16. The van der Waals surface area contributed by atoms with Crippen molar-refractivity contribution < 1.29 is 13.9 Å². The lowest BCUT2D eigenvalue weighted by Crippen LogP contribution is -2.28. The van der Waals surface area contributed by atoms with Crippen LogP contribution in [0.5, 0.6) is 0 Å². The number of carbonyl (C=O) groups is 1. The Morgan fingerprint density at radius 3 is 2.89 bits per heavy atom. The Bertz CT molecular complexity index is 408. The van der Waals surface area contributed by atoms with Gasteiger partial charge in [0.1, 0.15) is 5.82 Å². The summed E-state index contributed by atoms with van der Waals surface area (Å²) in [6.45, 7) is 5.55. The maximum Gasteiger partial charge on any atom is 0.253 e. The topological polar surface area (TPSA) is 64.3 Å². The summed E-state index contributed by atoms with van der Waals surface area (Å²) in [5, 5.41) is 2.63. The number of rotatable bonds is 6. The standard InChI is InChI=1S/C13H19FN2O2/c1-9(2)8-18-7-6-16-13(17)10-4-3-5-11(14)12(10)15/h3-5,9H,6-8,15H2,1-2H3,(H,16,17). The Morgan fingerprint density at radius 1 is 1.50 bits per heavy atom. The van der Waals surface area contributed by atoms with Crippen LogP contribution in [0.3, 0.4) is 0 Å². The SMILES string of the molecule is CC(C)COCCNC(=O)c1cccc(F)c1N. The molecule has 18 heavy (non-hydrogen) atoms. The number of carbonyl (C=O) groups excluding carboxylic acids is 1. The van der Waals surface area contributed by atoms with E-state index in [0.29, 0.717) is 25.7 Å². The quantitative estimate of drug-likeness (QED) is 0.601. The molecule has 1 rings (SSSR count). The van der Waals surface area contributed by atoms with Gasteiger partial charge >= 0.3 is 0 Å². The van der Waals surface area contributed by atoms with Crippen molar-refractivity contribution >= 4 is 11.6 Å². The maximum atomic E-state index is 13.1. The van der Waals surface area contributed by atoms with Crippen LogP contribution in [0.25, 0.3) is 0 Å². The average molecular weight is 254 g/mol. The number of para-hydroxylation sites is 1. The van der Waals surface area contributed by atoms with Crippen molar-refractivity contribution in [3.8, 4) is 0 Å². The molecule has 0 bridgehead atoms. The molecule has 0 radical (unpaired) electrons. The second-order valence-electron chi connectivity index (χ2n) is 4.43. The number of amides is 1. The minimum atomic E-state index is -0.585. The fraction of sp³-hybridized carbons (Fsp3) is 0.462. The van der Waals surface area contributed by atoms with Crippen LogP contribution >= 0.6 is 0 Å². The van der Waals surface area contributed by atoms with Gasteiger partial charge in [-0.2, -0.15) is 0 Å². The third-order valence-electron chi connectivity index (χ3n) is 2.28. The van der Waals surface area contributed by atoms with Crippen LogP contribution < -0.4 is 11.1 Å². The van der Waals surface area contributed by atoms with Gasteiger partial charge in [0.15, 0.2) is 0 Å². The first kappa shape index (κ1) is 14.4. The van der Waals surface area contributed by atoms with Gasteiger partial charge in [0, 0.05) is 13.2 Å². The van der Waals surface area contributed by atoms with Gasteiger partial charge in [-0.1, -0.05) is 19.9 Å². The molecule has 0 saturated heterocycles. The highest BCUT2D eigenvalue weighted by atomic mass is 19.1. The van der Waals surface area contributed by atoms with Crippen LogP contribution in [0.15, 0.2) is 18.2 Å². The van der Waals surface area contributed by atoms with Gasteiger partial charge in [-0.05, 0) is 18.1 Å². The molecular formula is C13H19FN2O2. The van der Waals surface area contributed by atoms with Crippen LogP contribution in [0.1, 0.15) is 24.2 Å². The van der Waals surface area contributed by atoms with E-state index in [9.17, 15) is 9.18 Å². The average Bonchev–Trinajstić information content (AvgIpc) is 2.31. The number of ether oxygens (including phenoxy) is 1. The molecule has 0 atom stereocenters. The number of hydrogen-bond donors (Lipinski definition) is 2. The maximum absolute atomic E-state index is 13.1. The summed E-state index contributed by atoms with van der Waals surface area (Å²) in [5.41, 5.74) is 5.51. The predicted octanol–water partition coefficient (Wildman–Crippen LogP) is 1.81. The molecule has 0 aliphatic heterocycles. The molecule has 0 aliphatic rings. The van der Waals surface area contributed by atoms with Crippen LogP contribution in [-0.2, 0) is 4.74 Å². The Balaban J connectivity index is 2.39. The Kier molecular flexibility index (Phi) is 5.58. The van der Waals surface area contributed by atoms with Crippen molar-refractivity contribution in [1.82, 2.24) is 5.32 Å². The molecule has 0 unspecified atom stereocenters. The third-order valence-corrected chi connectivity index (χ3v) is 2.28. The predicted molar refractivity (Wildman–Crippen MR) is 68.8 cm³/mol. The van der Waals surface area contributed by atoms with E-state index in [0.717, 1.165) is 0 Å². The smallest absolute Gasteiger partial charge is 0.253 e. The first-order valence-corrected chi connectivity index (χ1v) is 5.92. The highest BCUT2D eigenvalue weighted by molar-refractivity contribution is 5.99. The van der Waals surface area contributed by atoms with Crippen LogP contribution in [-0.4, -0.2) is 25.7 Å². The van der Waals surface area contributed by atoms with E-state index in [2.05, 4.69) is 5.32 Å². The summed E-state index contributed by atoms with van der Waals surface area (Å²) in [6.07, 6.45) is 0. The van der Waals surface area contributed by atoms with Gasteiger partial charge in [0.2, 0.25) is 0 Å². The molecule has 1 aromatic carbocycles. The molecule has 0 saturated carbocycles. The first-order valence-electron chi connectivity index (χ1n) is 5.92. The van der Waals surface area contributed by atoms with Gasteiger partial charge < -0.3 is 15.8 Å². The van der Waals surface area contributed by atoms with Crippen molar-refractivity contribution in [3.05, 3.63) is 29.6 Å². The molecule has 0 spiro atoms. The number of nitrogen functional groups attached to an aromatic ring is 1. The molecule has 100 valence electrons. The summed E-state index contributed by atoms with van der Waals surface area (Å²) in [5.74, 6) is -0.515. The van der Waals surface area contributed by atoms with E-state index >= 15 is 0 Å². The molecule has 0 heterocycles. The van der Waals surface area contributed by atoms with E-state index in [4.69, 9.17) is 10.5 Å². The van der Waals surface area contributed by atoms with Gasteiger partial charge in [0.25, 0.3) is 5.91 Å². The summed E-state index contributed by atoms with van der Waals surface area (Å²) in [7, 11) is 0. The number of benzene rings is 1. The van der Waals surface area contributed by atoms with Gasteiger partial charge in [-0.3, -0.25) is 4.79 Å². The minimum absolute atomic E-state index is 0.127. The van der Waals surface area contributed by atoms with Crippen molar-refractivity contribution in [3.63, 3.8) is 0 Å². The Morgan fingerprint density at radius 2 is 2.22 bits per heavy atom. The molecule has 1 amide bonds. The van der Waals surface area contributed by atoms with Gasteiger partial charge in [-0.15, -0.1) is 0 Å². The molecule has 4 nitrogen and oxygen atoms in total. The minimum Gasteiger partial charge on any atom is -0.396 e. The third kappa shape index (κ3) is 4.33. The summed E-state index contributed by atoms with van der Waals surface area (Å²) >= 11 is 0. The highest BCUT2D eigenvalue weighted by Crippen LogP contribution is 2.15. The summed E-state index contributed by atoms with van der Waals surface area (Å²) in [4.78, 5) is 11.7. The molecule has 1 aromatic rings. The zero-order chi connectivity index (χ0) is 13.5. The Labute approximate surface area is 106 Å². The van der Waals surface area contributed by atoms with Crippen LogP contribution in [0.2, 0.25) is 0 Å². The van der Waals surface area contributed by atoms with Crippen molar-refractivity contribution in [2.24, 2.45) is 5.92 Å². The van der Waals surface area contributed by atoms with E-state index in [1.165, 1.54) is 18.2 Å². The molecule has 5 heteroatoms. The van der Waals surface area contributed by atoms with E-state index in [-0.39, 0.29) is 17.2 Å². The van der Waals surface area contributed by atoms with Crippen molar-refractivity contribution in [2.75, 3.05) is 25.5 Å². The molecular weight excluding hydrogens is 235 g/mol. The molecule has 0 aliphatic carbocycles. The van der Waals surface area contributed by atoms with Crippen molar-refractivity contribution in [1.29, 1.82) is 0 Å². The zero-order valence-electron chi connectivity index (χ0n) is 10.7. The number of anilines is 1. The molecule has 0 fully saturated rings. The van der Waals surface area contributed by atoms with Gasteiger partial charge in [-0.25, -0.2) is 4.39 Å². The first-order chi connectivity index (χ1) is 8.52. The van der Waals surface area contributed by atoms with Crippen LogP contribution in [0, 0.1) is 11.7 Å².